The van der Waals surface area contributed by atoms with Crippen LogP contribution in [-0.2, 0) is 11.3 Å². The van der Waals surface area contributed by atoms with E-state index in [9.17, 15) is 0 Å². The zero-order valence-corrected chi connectivity index (χ0v) is 13.6. The fraction of sp³-hybridized carbons (Fsp3) is 0.450. The van der Waals surface area contributed by atoms with Gasteiger partial charge < -0.3 is 9.47 Å². The summed E-state index contributed by atoms with van der Waals surface area (Å²) in [6.07, 6.45) is 4.41. The average molecular weight is 327 g/mol. The van der Waals surface area contributed by atoms with Crippen LogP contribution in [0, 0.1) is 5.92 Å². The largest absolute Gasteiger partial charge is 0.474 e. The molecule has 126 valence electrons. The van der Waals surface area contributed by atoms with Gasteiger partial charge >= 0.3 is 0 Å². The van der Waals surface area contributed by atoms with Crippen LogP contribution in [0.3, 0.4) is 0 Å². The molecule has 1 heterocycles. The van der Waals surface area contributed by atoms with Crippen molar-refractivity contribution in [2.24, 2.45) is 5.92 Å². The van der Waals surface area contributed by atoms with Crippen LogP contribution in [0.15, 0.2) is 54.7 Å². The first-order valence-electron chi connectivity index (χ1n) is 8.65. The van der Waals surface area contributed by atoms with Gasteiger partial charge in [0.25, 0.3) is 0 Å². The van der Waals surface area contributed by atoms with E-state index in [2.05, 4.69) is 4.98 Å². The summed E-state index contributed by atoms with van der Waals surface area (Å²) < 4.78 is 26.8. The molecule has 0 radical (unpaired) electrons. The van der Waals surface area contributed by atoms with Crippen LogP contribution in [0.5, 0.6) is 5.88 Å². The number of halogens is 1. The van der Waals surface area contributed by atoms with Crippen LogP contribution in [0.4, 0.5) is 4.39 Å². The minimum absolute atomic E-state index is 0.0197. The molecule has 2 fully saturated rings. The van der Waals surface area contributed by atoms with Crippen molar-refractivity contribution >= 4 is 0 Å². The van der Waals surface area contributed by atoms with Crippen LogP contribution >= 0.6 is 0 Å². The number of nitrogens with zero attached hydrogens (tertiary/aromatic N) is 1. The maximum atomic E-state index is 15.1. The van der Waals surface area contributed by atoms with E-state index in [-0.39, 0.29) is 18.1 Å². The molecule has 1 aromatic carbocycles. The van der Waals surface area contributed by atoms with Crippen molar-refractivity contribution in [3.05, 3.63) is 60.3 Å². The van der Waals surface area contributed by atoms with E-state index in [4.69, 9.17) is 9.47 Å². The maximum Gasteiger partial charge on any atom is 0.213 e. The van der Waals surface area contributed by atoms with E-state index in [1.54, 1.807) is 6.20 Å². The molecule has 0 N–H and O–H groups in total. The molecule has 2 aliphatic carbocycles. The molecule has 2 unspecified atom stereocenters. The third-order valence-corrected chi connectivity index (χ3v) is 5.25. The van der Waals surface area contributed by atoms with E-state index in [1.807, 2.05) is 48.5 Å². The van der Waals surface area contributed by atoms with Gasteiger partial charge in [0.2, 0.25) is 5.88 Å². The Morgan fingerprint density at radius 2 is 1.83 bits per heavy atom. The van der Waals surface area contributed by atoms with E-state index in [0.717, 1.165) is 18.4 Å². The third-order valence-electron chi connectivity index (χ3n) is 5.25. The number of benzene rings is 1. The van der Waals surface area contributed by atoms with Gasteiger partial charge in [0.05, 0.1) is 12.7 Å². The van der Waals surface area contributed by atoms with Crippen molar-refractivity contribution in [2.75, 3.05) is 0 Å². The van der Waals surface area contributed by atoms with Crippen LogP contribution in [0.1, 0.15) is 31.2 Å². The molecule has 0 amide bonds. The number of hydrogen-bond acceptors (Lipinski definition) is 3. The van der Waals surface area contributed by atoms with Crippen molar-refractivity contribution in [1.82, 2.24) is 4.98 Å². The molecular weight excluding hydrogens is 305 g/mol. The molecule has 0 bridgehead atoms. The predicted molar refractivity (Wildman–Crippen MR) is 89.5 cm³/mol. The Morgan fingerprint density at radius 3 is 2.50 bits per heavy atom. The second-order valence-electron chi connectivity index (χ2n) is 6.87. The summed E-state index contributed by atoms with van der Waals surface area (Å²) in [5.41, 5.74) is -0.00662. The standard InChI is InChI=1S/C20H22FNO2/c21-20(12-16(13-20)23-14-15-6-2-1-3-7-15)17-9-10-18(17)24-19-8-4-5-11-22-19/h1-8,11,16-18H,9-10,12-14H2. The summed E-state index contributed by atoms with van der Waals surface area (Å²) in [5, 5.41) is 0. The normalized spacial score (nSPS) is 31.8. The molecule has 4 heteroatoms. The Kier molecular flexibility index (Phi) is 4.23. The zero-order valence-electron chi connectivity index (χ0n) is 13.6. The first kappa shape index (κ1) is 15.6. The number of alkyl halides is 1. The summed E-state index contributed by atoms with van der Waals surface area (Å²) in [6, 6.07) is 15.6. The van der Waals surface area contributed by atoms with Gasteiger partial charge in [-0.2, -0.15) is 0 Å². The van der Waals surface area contributed by atoms with Gasteiger partial charge in [-0.1, -0.05) is 36.4 Å². The molecule has 2 atom stereocenters. The van der Waals surface area contributed by atoms with Crippen LogP contribution in [0.25, 0.3) is 0 Å². The van der Waals surface area contributed by atoms with Gasteiger partial charge in [-0.15, -0.1) is 0 Å². The quantitative estimate of drug-likeness (QED) is 0.791. The highest BCUT2D eigenvalue weighted by molar-refractivity contribution is 5.15. The lowest BCUT2D eigenvalue weighted by Gasteiger charge is -2.52. The number of pyridine rings is 1. The Hall–Kier alpha value is -1.94. The molecule has 0 aliphatic heterocycles. The first-order chi connectivity index (χ1) is 11.7. The number of rotatable bonds is 6. The summed E-state index contributed by atoms with van der Waals surface area (Å²) >= 11 is 0. The molecule has 24 heavy (non-hydrogen) atoms. The van der Waals surface area contributed by atoms with Crippen molar-refractivity contribution in [1.29, 1.82) is 0 Å². The van der Waals surface area contributed by atoms with Crippen molar-refractivity contribution < 1.29 is 13.9 Å². The zero-order chi connectivity index (χ0) is 16.4. The maximum absolute atomic E-state index is 15.1. The van der Waals surface area contributed by atoms with Gasteiger partial charge in [-0.05, 0) is 24.5 Å². The van der Waals surface area contributed by atoms with E-state index in [1.165, 1.54) is 0 Å². The SMILES string of the molecule is FC1(C2CCC2Oc2ccccn2)CC(OCc2ccccc2)C1. The monoisotopic (exact) mass is 327 g/mol. The summed E-state index contributed by atoms with van der Waals surface area (Å²) in [4.78, 5) is 4.17. The highest BCUT2D eigenvalue weighted by atomic mass is 19.1. The lowest BCUT2D eigenvalue weighted by atomic mass is 9.61. The van der Waals surface area contributed by atoms with Crippen LogP contribution in [0.2, 0.25) is 0 Å². The topological polar surface area (TPSA) is 31.4 Å². The molecule has 2 aliphatic rings. The van der Waals surface area contributed by atoms with Gasteiger partial charge in [0.15, 0.2) is 0 Å². The molecule has 2 aromatic rings. The second kappa shape index (κ2) is 6.52. The van der Waals surface area contributed by atoms with Gasteiger partial charge in [0, 0.05) is 31.0 Å². The fourth-order valence-electron chi connectivity index (χ4n) is 3.68. The summed E-state index contributed by atoms with van der Waals surface area (Å²) in [7, 11) is 0. The Labute approximate surface area is 141 Å². The molecular formula is C20H22FNO2. The third kappa shape index (κ3) is 3.16. The van der Waals surface area contributed by atoms with Gasteiger partial charge in [0.1, 0.15) is 11.8 Å². The van der Waals surface area contributed by atoms with Crippen molar-refractivity contribution in [2.45, 2.75) is 50.2 Å². The second-order valence-corrected chi connectivity index (χ2v) is 6.87. The van der Waals surface area contributed by atoms with E-state index < -0.39 is 5.67 Å². The molecule has 4 rings (SSSR count). The number of aromatic nitrogens is 1. The highest BCUT2D eigenvalue weighted by Gasteiger charge is 2.57. The Bertz CT molecular complexity index is 658. The first-order valence-corrected chi connectivity index (χ1v) is 8.65. The molecule has 0 spiro atoms. The lowest BCUT2D eigenvalue weighted by molar-refractivity contribution is -0.168. The van der Waals surface area contributed by atoms with Crippen LogP contribution < -0.4 is 4.74 Å². The van der Waals surface area contributed by atoms with Crippen molar-refractivity contribution in [3.8, 4) is 5.88 Å². The van der Waals surface area contributed by atoms with Gasteiger partial charge in [-0.25, -0.2) is 9.37 Å². The summed E-state index contributed by atoms with van der Waals surface area (Å²) in [5.74, 6) is 0.558. The molecule has 1 aromatic heterocycles. The average Bonchev–Trinajstić information content (AvgIpc) is 2.57. The van der Waals surface area contributed by atoms with E-state index in [0.29, 0.717) is 25.3 Å². The lowest BCUT2D eigenvalue weighted by Crippen LogP contribution is -2.58. The Balaban J connectivity index is 1.27. The van der Waals surface area contributed by atoms with Crippen molar-refractivity contribution in [3.63, 3.8) is 0 Å². The smallest absolute Gasteiger partial charge is 0.213 e. The minimum Gasteiger partial charge on any atom is -0.474 e. The van der Waals surface area contributed by atoms with Crippen LogP contribution in [-0.4, -0.2) is 22.9 Å². The molecule has 0 saturated heterocycles. The molecule has 3 nitrogen and oxygen atoms in total. The Morgan fingerprint density at radius 1 is 1.04 bits per heavy atom. The fourth-order valence-corrected chi connectivity index (χ4v) is 3.68. The van der Waals surface area contributed by atoms with E-state index >= 15 is 4.39 Å². The summed E-state index contributed by atoms with van der Waals surface area (Å²) in [6.45, 7) is 0.556. The predicted octanol–water partition coefficient (Wildman–Crippen LogP) is 4.33. The highest BCUT2D eigenvalue weighted by Crippen LogP contribution is 2.52. The van der Waals surface area contributed by atoms with Gasteiger partial charge in [-0.3, -0.25) is 0 Å². The minimum atomic E-state index is -1.14. The molecule has 2 saturated carbocycles. The number of hydrogen-bond donors (Lipinski definition) is 0. The number of ether oxygens (including phenoxy) is 2.